The molecule has 1 amide bonds. The van der Waals surface area contributed by atoms with Crippen molar-refractivity contribution in [3.8, 4) is 0 Å². The highest BCUT2D eigenvalue weighted by molar-refractivity contribution is 5.84. The molecule has 0 spiro atoms. The molecule has 0 aromatic rings. The molecule has 0 rings (SSSR count). The molecule has 1 unspecified atom stereocenters. The van der Waals surface area contributed by atoms with Crippen LogP contribution in [-0.4, -0.2) is 29.1 Å². The van der Waals surface area contributed by atoms with E-state index in [1.165, 1.54) is 0 Å². The van der Waals surface area contributed by atoms with Gasteiger partial charge in [-0.2, -0.15) is 0 Å². The van der Waals surface area contributed by atoms with Gasteiger partial charge in [-0.3, -0.25) is 4.79 Å². The molecule has 17 heavy (non-hydrogen) atoms. The second kappa shape index (κ2) is 8.06. The zero-order chi connectivity index (χ0) is 13.4. The Hall–Kier alpha value is -1.10. The molecule has 0 radical (unpaired) electrons. The molecule has 0 aliphatic heterocycles. The Morgan fingerprint density at radius 3 is 2.35 bits per heavy atom. The quantitative estimate of drug-likeness (QED) is 0.596. The number of nitrogens with one attached hydrogen (secondary N) is 1. The highest BCUT2D eigenvalue weighted by atomic mass is 16.4. The molecule has 0 bridgehead atoms. The minimum Gasteiger partial charge on any atom is -0.480 e. The number of rotatable bonds is 8. The predicted molar refractivity (Wildman–Crippen MR) is 66.5 cm³/mol. The van der Waals surface area contributed by atoms with Crippen LogP contribution in [0.4, 0.5) is 0 Å². The molecule has 0 aromatic heterocycles. The Morgan fingerprint density at radius 1 is 1.35 bits per heavy atom. The van der Waals surface area contributed by atoms with Gasteiger partial charge in [-0.25, -0.2) is 4.79 Å². The minimum atomic E-state index is -0.989. The summed E-state index contributed by atoms with van der Waals surface area (Å²) in [7, 11) is 0. The molecule has 0 fully saturated rings. The first-order valence-corrected chi connectivity index (χ1v) is 6.20. The molecule has 5 heteroatoms. The van der Waals surface area contributed by atoms with Crippen LogP contribution in [-0.2, 0) is 9.59 Å². The smallest absolute Gasteiger partial charge is 0.326 e. The third-order valence-corrected chi connectivity index (χ3v) is 2.90. The number of carboxylic acid groups (broad SMARTS) is 1. The molecule has 0 saturated carbocycles. The number of nitrogens with two attached hydrogens (primary N) is 1. The molecule has 0 aliphatic rings. The fraction of sp³-hybridized carbons (Fsp3) is 0.833. The first-order chi connectivity index (χ1) is 7.92. The maximum absolute atomic E-state index is 11.6. The summed E-state index contributed by atoms with van der Waals surface area (Å²) < 4.78 is 0. The summed E-state index contributed by atoms with van der Waals surface area (Å²) in [6.07, 6.45) is 2.59. The lowest BCUT2D eigenvalue weighted by atomic mass is 9.99. The molecular weight excluding hydrogens is 220 g/mol. The topological polar surface area (TPSA) is 92.4 Å². The van der Waals surface area contributed by atoms with E-state index >= 15 is 0 Å². The van der Waals surface area contributed by atoms with E-state index in [0.29, 0.717) is 6.42 Å². The van der Waals surface area contributed by atoms with E-state index in [0.717, 1.165) is 12.8 Å². The van der Waals surface area contributed by atoms with Gasteiger partial charge < -0.3 is 16.2 Å². The maximum Gasteiger partial charge on any atom is 0.326 e. The van der Waals surface area contributed by atoms with Gasteiger partial charge in [0, 0.05) is 12.5 Å². The van der Waals surface area contributed by atoms with Gasteiger partial charge in [0.25, 0.3) is 0 Å². The zero-order valence-corrected chi connectivity index (χ0v) is 10.9. The van der Waals surface area contributed by atoms with Crippen LogP contribution in [0.5, 0.6) is 0 Å². The number of hydrogen-bond acceptors (Lipinski definition) is 3. The van der Waals surface area contributed by atoms with Gasteiger partial charge in [-0.15, -0.1) is 0 Å². The van der Waals surface area contributed by atoms with E-state index in [4.69, 9.17) is 10.8 Å². The first kappa shape index (κ1) is 15.9. The number of carbonyl (C=O) groups excluding carboxylic acids is 1. The van der Waals surface area contributed by atoms with Gasteiger partial charge in [0.05, 0.1) is 0 Å². The van der Waals surface area contributed by atoms with Gasteiger partial charge in [-0.05, 0) is 12.3 Å². The van der Waals surface area contributed by atoms with Crippen molar-refractivity contribution in [2.75, 3.05) is 0 Å². The summed E-state index contributed by atoms with van der Waals surface area (Å²) in [6, 6.07) is -1.01. The summed E-state index contributed by atoms with van der Waals surface area (Å²) in [5.74, 6) is -1.35. The Bertz CT molecular complexity index is 256. The van der Waals surface area contributed by atoms with Crippen LogP contribution in [0.2, 0.25) is 0 Å². The molecule has 100 valence electrons. The summed E-state index contributed by atoms with van der Waals surface area (Å²) >= 11 is 0. The number of carboxylic acids is 1. The standard InChI is InChI=1S/C12H24N2O3/c1-4-6-9(13)7-10(15)14-11(12(16)17)8(3)5-2/h8-9,11H,4-7,13H2,1-3H3,(H,14,15)(H,16,17)/t8-,9?,11-/m0/s1. The number of aliphatic carboxylic acids is 1. The van der Waals surface area contributed by atoms with E-state index in [2.05, 4.69) is 5.32 Å². The van der Waals surface area contributed by atoms with Gasteiger partial charge in [0.2, 0.25) is 5.91 Å². The molecule has 3 atom stereocenters. The number of amides is 1. The highest BCUT2D eigenvalue weighted by Crippen LogP contribution is 2.08. The van der Waals surface area contributed by atoms with Gasteiger partial charge in [0.1, 0.15) is 6.04 Å². The lowest BCUT2D eigenvalue weighted by molar-refractivity contribution is -0.143. The summed E-state index contributed by atoms with van der Waals surface area (Å²) in [6.45, 7) is 5.71. The number of carbonyl (C=O) groups is 2. The van der Waals surface area contributed by atoms with Crippen molar-refractivity contribution in [2.24, 2.45) is 11.7 Å². The predicted octanol–water partition coefficient (Wildman–Crippen LogP) is 1.12. The van der Waals surface area contributed by atoms with Crippen LogP contribution in [0, 0.1) is 5.92 Å². The van der Waals surface area contributed by atoms with Crippen LogP contribution in [0.3, 0.4) is 0 Å². The molecule has 0 saturated heterocycles. The monoisotopic (exact) mass is 244 g/mol. The zero-order valence-electron chi connectivity index (χ0n) is 10.9. The van der Waals surface area contributed by atoms with E-state index in [-0.39, 0.29) is 24.3 Å². The molecule has 0 heterocycles. The Kier molecular flexibility index (Phi) is 7.54. The molecular formula is C12H24N2O3. The summed E-state index contributed by atoms with van der Waals surface area (Å²) in [5.41, 5.74) is 5.74. The van der Waals surface area contributed by atoms with E-state index in [1.54, 1.807) is 0 Å². The Balaban J connectivity index is 4.27. The first-order valence-electron chi connectivity index (χ1n) is 6.20. The van der Waals surface area contributed by atoms with Crippen molar-refractivity contribution >= 4 is 11.9 Å². The van der Waals surface area contributed by atoms with Crippen LogP contribution in [0.1, 0.15) is 46.5 Å². The van der Waals surface area contributed by atoms with Crippen molar-refractivity contribution in [3.05, 3.63) is 0 Å². The van der Waals surface area contributed by atoms with E-state index < -0.39 is 12.0 Å². The van der Waals surface area contributed by atoms with Crippen molar-refractivity contribution in [3.63, 3.8) is 0 Å². The van der Waals surface area contributed by atoms with Crippen LogP contribution >= 0.6 is 0 Å². The molecule has 4 N–H and O–H groups in total. The van der Waals surface area contributed by atoms with Crippen LogP contribution < -0.4 is 11.1 Å². The lowest BCUT2D eigenvalue weighted by Crippen LogP contribution is -2.46. The summed E-state index contributed by atoms with van der Waals surface area (Å²) in [4.78, 5) is 22.6. The highest BCUT2D eigenvalue weighted by Gasteiger charge is 2.25. The minimum absolute atomic E-state index is 0.0844. The Morgan fingerprint density at radius 2 is 1.94 bits per heavy atom. The second-order valence-electron chi connectivity index (χ2n) is 4.52. The third kappa shape index (κ3) is 6.26. The maximum atomic E-state index is 11.6. The fourth-order valence-electron chi connectivity index (χ4n) is 1.63. The molecule has 0 aliphatic carbocycles. The van der Waals surface area contributed by atoms with Crippen LogP contribution in [0.25, 0.3) is 0 Å². The van der Waals surface area contributed by atoms with Gasteiger partial charge in [-0.1, -0.05) is 33.6 Å². The van der Waals surface area contributed by atoms with Gasteiger partial charge in [0.15, 0.2) is 0 Å². The van der Waals surface area contributed by atoms with Crippen molar-refractivity contribution < 1.29 is 14.7 Å². The van der Waals surface area contributed by atoms with E-state index in [9.17, 15) is 9.59 Å². The molecule has 5 nitrogen and oxygen atoms in total. The Labute approximate surface area is 103 Å². The lowest BCUT2D eigenvalue weighted by Gasteiger charge is -2.21. The van der Waals surface area contributed by atoms with E-state index in [1.807, 2.05) is 20.8 Å². The third-order valence-electron chi connectivity index (χ3n) is 2.90. The normalized spacial score (nSPS) is 16.0. The fourth-order valence-corrected chi connectivity index (χ4v) is 1.63. The molecule has 0 aromatic carbocycles. The summed E-state index contributed by atoms with van der Waals surface area (Å²) in [5, 5.41) is 11.6. The second-order valence-corrected chi connectivity index (χ2v) is 4.52. The van der Waals surface area contributed by atoms with Gasteiger partial charge >= 0.3 is 5.97 Å². The SMILES string of the molecule is CCCC(N)CC(=O)N[C@H](C(=O)O)[C@@H](C)CC. The average Bonchev–Trinajstić information content (AvgIpc) is 2.24. The van der Waals surface area contributed by atoms with Crippen molar-refractivity contribution in [2.45, 2.75) is 58.5 Å². The van der Waals surface area contributed by atoms with Crippen molar-refractivity contribution in [1.29, 1.82) is 0 Å². The van der Waals surface area contributed by atoms with Crippen molar-refractivity contribution in [1.82, 2.24) is 5.32 Å². The van der Waals surface area contributed by atoms with Crippen LogP contribution in [0.15, 0.2) is 0 Å². The largest absolute Gasteiger partial charge is 0.480 e. The number of hydrogen-bond donors (Lipinski definition) is 3. The average molecular weight is 244 g/mol.